The molecule has 0 saturated heterocycles. The lowest BCUT2D eigenvalue weighted by atomic mass is 10.1. The molecule has 2 rings (SSSR count). The van der Waals surface area contributed by atoms with Gasteiger partial charge in [0.2, 0.25) is 0 Å². The van der Waals surface area contributed by atoms with E-state index in [-0.39, 0.29) is 18.3 Å². The number of halogens is 1. The predicted molar refractivity (Wildman–Crippen MR) is 95.8 cm³/mol. The van der Waals surface area contributed by atoms with Gasteiger partial charge < -0.3 is 10.1 Å². The van der Waals surface area contributed by atoms with E-state index in [0.29, 0.717) is 13.0 Å². The molecular weight excluding hydrogens is 337 g/mol. The van der Waals surface area contributed by atoms with Crippen LogP contribution in [0.4, 0.5) is 4.39 Å². The molecule has 1 amide bonds. The second-order valence-corrected chi connectivity index (χ2v) is 5.88. The number of esters is 1. The molecule has 1 heterocycles. The number of nitrogens with one attached hydrogen (secondary N) is 1. The van der Waals surface area contributed by atoms with Gasteiger partial charge in [-0.15, -0.1) is 0 Å². The lowest BCUT2D eigenvalue weighted by molar-refractivity contribution is -0.143. The number of nitrogens with zero attached hydrogens (tertiary/aromatic N) is 2. The summed E-state index contributed by atoms with van der Waals surface area (Å²) in [5.41, 5.74) is 3.51. The van der Waals surface area contributed by atoms with Crippen LogP contribution in [0.3, 0.4) is 0 Å². The van der Waals surface area contributed by atoms with E-state index in [4.69, 9.17) is 4.74 Å². The van der Waals surface area contributed by atoms with Crippen molar-refractivity contribution in [1.82, 2.24) is 15.1 Å². The van der Waals surface area contributed by atoms with Crippen molar-refractivity contribution >= 4 is 18.0 Å². The topological polar surface area (TPSA) is 73.2 Å². The summed E-state index contributed by atoms with van der Waals surface area (Å²) in [4.78, 5) is 23.4. The molecule has 0 fully saturated rings. The third kappa shape index (κ3) is 5.54. The smallest absolute Gasteiger partial charge is 0.331 e. The summed E-state index contributed by atoms with van der Waals surface area (Å²) in [5.74, 6) is -1.28. The van der Waals surface area contributed by atoms with Gasteiger partial charge in [-0.1, -0.05) is 12.1 Å². The number of benzene rings is 1. The van der Waals surface area contributed by atoms with E-state index >= 15 is 0 Å². The fraction of sp³-hybridized carbons (Fsp3) is 0.316. The third-order valence-corrected chi connectivity index (χ3v) is 3.95. The summed E-state index contributed by atoms with van der Waals surface area (Å²) in [7, 11) is 1.83. The molecule has 1 N–H and O–H groups in total. The van der Waals surface area contributed by atoms with Gasteiger partial charge in [-0.25, -0.2) is 9.18 Å². The van der Waals surface area contributed by atoms with E-state index < -0.39 is 5.97 Å². The molecule has 0 aliphatic rings. The van der Waals surface area contributed by atoms with Crippen LogP contribution in [0.25, 0.3) is 6.08 Å². The Labute approximate surface area is 151 Å². The monoisotopic (exact) mass is 359 g/mol. The largest absolute Gasteiger partial charge is 0.452 e. The summed E-state index contributed by atoms with van der Waals surface area (Å²) in [6.45, 7) is 3.79. The van der Waals surface area contributed by atoms with Crippen molar-refractivity contribution in [2.24, 2.45) is 7.05 Å². The molecule has 6 nitrogen and oxygen atoms in total. The van der Waals surface area contributed by atoms with Crippen molar-refractivity contribution < 1.29 is 18.7 Å². The Hall–Kier alpha value is -2.96. The van der Waals surface area contributed by atoms with Gasteiger partial charge in [0.05, 0.1) is 5.69 Å². The molecule has 0 bridgehead atoms. The van der Waals surface area contributed by atoms with Crippen molar-refractivity contribution in [3.63, 3.8) is 0 Å². The Bertz CT molecular complexity index is 810. The minimum atomic E-state index is -0.596. The summed E-state index contributed by atoms with van der Waals surface area (Å²) < 4.78 is 19.4. The van der Waals surface area contributed by atoms with Gasteiger partial charge in [-0.2, -0.15) is 5.10 Å². The first-order valence-electron chi connectivity index (χ1n) is 8.23. The minimum Gasteiger partial charge on any atom is -0.452 e. The zero-order valence-electron chi connectivity index (χ0n) is 15.1. The molecule has 1 aromatic carbocycles. The predicted octanol–water partition coefficient (Wildman–Crippen LogP) is 2.09. The molecule has 0 aliphatic heterocycles. The van der Waals surface area contributed by atoms with Gasteiger partial charge in [0, 0.05) is 30.9 Å². The van der Waals surface area contributed by atoms with Crippen molar-refractivity contribution in [1.29, 1.82) is 0 Å². The van der Waals surface area contributed by atoms with Crippen LogP contribution in [0.15, 0.2) is 30.3 Å². The first-order valence-corrected chi connectivity index (χ1v) is 8.23. The maximum atomic E-state index is 12.8. The highest BCUT2D eigenvalue weighted by Crippen LogP contribution is 2.13. The van der Waals surface area contributed by atoms with Gasteiger partial charge in [-0.05, 0) is 44.0 Å². The van der Waals surface area contributed by atoms with Crippen molar-refractivity contribution in [3.05, 3.63) is 58.7 Å². The van der Waals surface area contributed by atoms with Crippen molar-refractivity contribution in [2.45, 2.75) is 20.3 Å². The van der Waals surface area contributed by atoms with E-state index in [9.17, 15) is 14.0 Å². The first kappa shape index (κ1) is 19.4. The standard InChI is InChI=1S/C19H22FN3O3/c1-13-17(14(2)23(3)22-13)8-9-19(25)26-12-18(24)21-11-10-15-4-6-16(20)7-5-15/h4-9H,10-12H2,1-3H3,(H,21,24)/b9-8+. The number of aromatic nitrogens is 2. The summed E-state index contributed by atoms with van der Waals surface area (Å²) in [6, 6.07) is 6.07. The van der Waals surface area contributed by atoms with Crippen LogP contribution in [0.1, 0.15) is 22.5 Å². The average molecular weight is 359 g/mol. The molecule has 2 aromatic rings. The number of rotatable bonds is 7. The number of hydrogen-bond acceptors (Lipinski definition) is 4. The number of carbonyl (C=O) groups is 2. The number of aryl methyl sites for hydroxylation is 2. The lowest BCUT2D eigenvalue weighted by Crippen LogP contribution is -2.30. The van der Waals surface area contributed by atoms with Gasteiger partial charge >= 0.3 is 5.97 Å². The van der Waals surface area contributed by atoms with Crippen molar-refractivity contribution in [2.75, 3.05) is 13.2 Å². The Morgan fingerprint density at radius 2 is 1.96 bits per heavy atom. The molecular formula is C19H22FN3O3. The van der Waals surface area contributed by atoms with E-state index in [1.165, 1.54) is 18.2 Å². The highest BCUT2D eigenvalue weighted by atomic mass is 19.1. The number of carbonyl (C=O) groups excluding carboxylic acids is 2. The van der Waals surface area contributed by atoms with E-state index in [0.717, 1.165) is 22.5 Å². The Kier molecular flexibility index (Phi) is 6.66. The van der Waals surface area contributed by atoms with E-state index in [1.54, 1.807) is 22.9 Å². The third-order valence-electron chi connectivity index (χ3n) is 3.95. The molecule has 1 aromatic heterocycles. The molecule has 0 atom stereocenters. The first-order chi connectivity index (χ1) is 12.4. The van der Waals surface area contributed by atoms with Gasteiger partial charge in [-0.3, -0.25) is 9.48 Å². The maximum absolute atomic E-state index is 12.8. The summed E-state index contributed by atoms with van der Waals surface area (Å²) >= 11 is 0. The van der Waals surface area contributed by atoms with Crippen LogP contribution in [-0.4, -0.2) is 34.8 Å². The lowest BCUT2D eigenvalue weighted by Gasteiger charge is -2.05. The van der Waals surface area contributed by atoms with E-state index in [1.807, 2.05) is 20.9 Å². The fourth-order valence-corrected chi connectivity index (χ4v) is 2.42. The van der Waals surface area contributed by atoms with Crippen molar-refractivity contribution in [3.8, 4) is 0 Å². The second kappa shape index (κ2) is 8.94. The molecule has 7 heteroatoms. The normalized spacial score (nSPS) is 10.9. The second-order valence-electron chi connectivity index (χ2n) is 5.88. The number of hydrogen-bond donors (Lipinski definition) is 1. The molecule has 0 unspecified atom stereocenters. The van der Waals surface area contributed by atoms with Gasteiger partial charge in [0.15, 0.2) is 6.61 Å². The average Bonchev–Trinajstić information content (AvgIpc) is 2.85. The molecule has 0 saturated carbocycles. The summed E-state index contributed by atoms with van der Waals surface area (Å²) in [5, 5.41) is 6.90. The molecule has 138 valence electrons. The van der Waals surface area contributed by atoms with Gasteiger partial charge in [0.25, 0.3) is 5.91 Å². The SMILES string of the molecule is Cc1nn(C)c(C)c1/C=C/C(=O)OCC(=O)NCCc1ccc(F)cc1. The molecule has 0 spiro atoms. The van der Waals surface area contributed by atoms with Crippen LogP contribution < -0.4 is 5.32 Å². The molecule has 0 radical (unpaired) electrons. The van der Waals surface area contributed by atoms with Crippen LogP contribution in [0, 0.1) is 19.7 Å². The Morgan fingerprint density at radius 1 is 1.27 bits per heavy atom. The van der Waals surface area contributed by atoms with Crippen LogP contribution in [0.5, 0.6) is 0 Å². The quantitative estimate of drug-likeness (QED) is 0.607. The van der Waals surface area contributed by atoms with Crippen LogP contribution in [-0.2, 0) is 27.8 Å². The Morgan fingerprint density at radius 3 is 2.58 bits per heavy atom. The molecule has 26 heavy (non-hydrogen) atoms. The van der Waals surface area contributed by atoms with Gasteiger partial charge in [0.1, 0.15) is 5.82 Å². The highest BCUT2D eigenvalue weighted by Gasteiger charge is 2.08. The summed E-state index contributed by atoms with van der Waals surface area (Å²) in [6.07, 6.45) is 3.48. The maximum Gasteiger partial charge on any atom is 0.331 e. The minimum absolute atomic E-state index is 0.297. The zero-order chi connectivity index (χ0) is 19.1. The van der Waals surface area contributed by atoms with Crippen LogP contribution in [0.2, 0.25) is 0 Å². The van der Waals surface area contributed by atoms with Crippen LogP contribution >= 0.6 is 0 Å². The number of amides is 1. The fourth-order valence-electron chi connectivity index (χ4n) is 2.42. The highest BCUT2D eigenvalue weighted by molar-refractivity contribution is 5.89. The van der Waals surface area contributed by atoms with E-state index in [2.05, 4.69) is 10.4 Å². The molecule has 0 aliphatic carbocycles. The number of ether oxygens (including phenoxy) is 1. The zero-order valence-corrected chi connectivity index (χ0v) is 15.1. The Balaban J connectivity index is 1.72.